The second-order valence-corrected chi connectivity index (χ2v) is 3.93. The largest absolute Gasteiger partial charge is 0.492 e. The van der Waals surface area contributed by atoms with Crippen LogP contribution in [0.15, 0.2) is 29.4 Å². The highest BCUT2D eigenvalue weighted by Crippen LogP contribution is 2.33. The number of oxime groups is 1. The summed E-state index contributed by atoms with van der Waals surface area (Å²) in [5.74, 6) is 0.607. The fourth-order valence-electron chi connectivity index (χ4n) is 2.24. The first-order valence-corrected chi connectivity index (χ1v) is 5.44. The molecule has 0 radical (unpaired) electrons. The average Bonchev–Trinajstić information content (AvgIpc) is 2.36. The van der Waals surface area contributed by atoms with Gasteiger partial charge in [0.15, 0.2) is 5.71 Å². The molecule has 17 heavy (non-hydrogen) atoms. The molecule has 1 aliphatic heterocycles. The van der Waals surface area contributed by atoms with Crippen molar-refractivity contribution in [3.05, 3.63) is 41.0 Å². The maximum Gasteiger partial charge on any atom is 0.215 e. The van der Waals surface area contributed by atoms with Crippen molar-refractivity contribution in [1.29, 1.82) is 0 Å². The number of Topliss-reactive ketones (excluding diaryl/α,β-unsaturated/α-hetero) is 1. The Hall–Kier alpha value is -2.10. The summed E-state index contributed by atoms with van der Waals surface area (Å²) >= 11 is 0. The van der Waals surface area contributed by atoms with Crippen molar-refractivity contribution in [3.8, 4) is 0 Å². The summed E-state index contributed by atoms with van der Waals surface area (Å²) in [6.07, 6.45) is 2.49. The lowest BCUT2D eigenvalue weighted by Crippen LogP contribution is -2.24. The zero-order valence-electron chi connectivity index (χ0n) is 9.40. The predicted octanol–water partition coefficient (Wildman–Crippen LogP) is 1.80. The van der Waals surface area contributed by atoms with Crippen molar-refractivity contribution < 1.29 is 14.4 Å². The number of nitrogens with zero attached hydrogens (tertiary/aromatic N) is 1. The van der Waals surface area contributed by atoms with E-state index in [1.165, 1.54) is 7.11 Å². The molecule has 1 aliphatic carbocycles. The Morgan fingerprint density at radius 1 is 1.41 bits per heavy atom. The van der Waals surface area contributed by atoms with Gasteiger partial charge in [-0.3, -0.25) is 4.79 Å². The minimum Gasteiger partial charge on any atom is -0.492 e. The van der Waals surface area contributed by atoms with Gasteiger partial charge in [0.05, 0.1) is 6.61 Å². The third-order valence-corrected chi connectivity index (χ3v) is 2.96. The predicted molar refractivity (Wildman–Crippen MR) is 62.8 cm³/mol. The first-order valence-electron chi connectivity index (χ1n) is 5.44. The van der Waals surface area contributed by atoms with E-state index in [1.807, 2.05) is 12.1 Å². The van der Waals surface area contributed by atoms with Crippen molar-refractivity contribution >= 4 is 17.3 Å². The van der Waals surface area contributed by atoms with Gasteiger partial charge in [0, 0.05) is 23.6 Å². The van der Waals surface area contributed by atoms with Crippen molar-refractivity contribution in [3.63, 3.8) is 0 Å². The first kappa shape index (κ1) is 10.1. The molecular weight excluding hydrogens is 218 g/mol. The molecule has 1 heterocycles. The maximum atomic E-state index is 12.1. The molecule has 4 nitrogen and oxygen atoms in total. The molecule has 3 rings (SSSR count). The molecule has 0 atom stereocenters. The van der Waals surface area contributed by atoms with Crippen molar-refractivity contribution in [2.45, 2.75) is 6.42 Å². The van der Waals surface area contributed by atoms with Crippen LogP contribution in [-0.2, 0) is 16.0 Å². The van der Waals surface area contributed by atoms with Crippen LogP contribution in [0.5, 0.6) is 0 Å². The van der Waals surface area contributed by atoms with E-state index < -0.39 is 0 Å². The van der Waals surface area contributed by atoms with E-state index in [-0.39, 0.29) is 11.5 Å². The highest BCUT2D eigenvalue weighted by atomic mass is 16.6. The SMILES string of the molecule is CO/N=C1/C=C2OCCc3cccc(c32)C1=O. The van der Waals surface area contributed by atoms with Crippen LogP contribution < -0.4 is 0 Å². The number of carbonyl (C=O) groups is 1. The van der Waals surface area contributed by atoms with Crippen LogP contribution >= 0.6 is 0 Å². The molecule has 0 aromatic heterocycles. The van der Waals surface area contributed by atoms with Crippen LogP contribution in [0.2, 0.25) is 0 Å². The summed E-state index contributed by atoms with van der Waals surface area (Å²) < 4.78 is 5.58. The number of ether oxygens (including phenoxy) is 1. The standard InChI is InChI=1S/C13H11NO3/c1-16-14-10-7-11-12-8(5-6-17-11)3-2-4-9(12)13(10)15/h2-4,7H,5-6H2,1H3/b14-10-. The summed E-state index contributed by atoms with van der Waals surface area (Å²) in [4.78, 5) is 16.8. The molecule has 86 valence electrons. The van der Waals surface area contributed by atoms with Gasteiger partial charge < -0.3 is 9.57 Å². The second-order valence-electron chi connectivity index (χ2n) is 3.93. The minimum absolute atomic E-state index is 0.113. The Labute approximate surface area is 98.5 Å². The van der Waals surface area contributed by atoms with Gasteiger partial charge in [0.1, 0.15) is 12.9 Å². The molecule has 0 saturated carbocycles. The molecule has 1 aromatic rings. The Kier molecular flexibility index (Phi) is 2.21. The van der Waals surface area contributed by atoms with E-state index in [2.05, 4.69) is 9.99 Å². The van der Waals surface area contributed by atoms with Crippen molar-refractivity contribution in [1.82, 2.24) is 0 Å². The number of rotatable bonds is 1. The average molecular weight is 229 g/mol. The third-order valence-electron chi connectivity index (χ3n) is 2.96. The fraction of sp³-hybridized carbons (Fsp3) is 0.231. The van der Waals surface area contributed by atoms with Gasteiger partial charge in [-0.15, -0.1) is 0 Å². The molecule has 0 fully saturated rings. The molecule has 2 aliphatic rings. The zero-order chi connectivity index (χ0) is 11.8. The summed E-state index contributed by atoms with van der Waals surface area (Å²) in [5.41, 5.74) is 3.01. The number of carbonyl (C=O) groups excluding carboxylic acids is 1. The van der Waals surface area contributed by atoms with Crippen LogP contribution in [0.25, 0.3) is 5.76 Å². The molecule has 0 amide bonds. The van der Waals surface area contributed by atoms with Gasteiger partial charge in [0.2, 0.25) is 5.78 Å². The van der Waals surface area contributed by atoms with Crippen molar-refractivity contribution in [2.75, 3.05) is 13.7 Å². The summed E-state index contributed by atoms with van der Waals surface area (Å²) in [7, 11) is 1.42. The van der Waals surface area contributed by atoms with E-state index in [1.54, 1.807) is 12.1 Å². The van der Waals surface area contributed by atoms with Gasteiger partial charge in [-0.05, 0) is 5.56 Å². The quantitative estimate of drug-likeness (QED) is 0.690. The molecule has 1 aromatic carbocycles. The van der Waals surface area contributed by atoms with Crippen LogP contribution in [-0.4, -0.2) is 25.2 Å². The lowest BCUT2D eigenvalue weighted by atomic mass is 9.87. The molecule has 0 spiro atoms. The fourth-order valence-corrected chi connectivity index (χ4v) is 2.24. The molecule has 4 heteroatoms. The summed E-state index contributed by atoms with van der Waals surface area (Å²) in [5, 5.41) is 3.73. The van der Waals surface area contributed by atoms with E-state index in [0.29, 0.717) is 12.2 Å². The smallest absolute Gasteiger partial charge is 0.215 e. The van der Waals surface area contributed by atoms with Crippen LogP contribution in [0.1, 0.15) is 21.5 Å². The molecule has 0 N–H and O–H groups in total. The Morgan fingerprint density at radius 3 is 3.12 bits per heavy atom. The number of hydrogen-bond donors (Lipinski definition) is 0. The van der Waals surface area contributed by atoms with Crippen molar-refractivity contribution in [2.24, 2.45) is 5.16 Å². The van der Waals surface area contributed by atoms with Gasteiger partial charge in [-0.2, -0.15) is 0 Å². The van der Waals surface area contributed by atoms with Gasteiger partial charge in [-0.25, -0.2) is 0 Å². The van der Waals surface area contributed by atoms with E-state index in [4.69, 9.17) is 4.74 Å². The Morgan fingerprint density at radius 2 is 2.29 bits per heavy atom. The minimum atomic E-state index is -0.113. The van der Waals surface area contributed by atoms with E-state index in [0.717, 1.165) is 23.3 Å². The van der Waals surface area contributed by atoms with Crippen LogP contribution in [0.3, 0.4) is 0 Å². The second kappa shape index (κ2) is 3.73. The molecule has 0 saturated heterocycles. The van der Waals surface area contributed by atoms with Crippen LogP contribution in [0, 0.1) is 0 Å². The van der Waals surface area contributed by atoms with Gasteiger partial charge >= 0.3 is 0 Å². The zero-order valence-corrected chi connectivity index (χ0v) is 9.40. The topological polar surface area (TPSA) is 47.9 Å². The highest BCUT2D eigenvalue weighted by molar-refractivity contribution is 6.52. The number of hydrogen-bond acceptors (Lipinski definition) is 4. The first-order chi connectivity index (χ1) is 8.31. The maximum absolute atomic E-state index is 12.1. The monoisotopic (exact) mass is 229 g/mol. The number of ketones is 1. The third kappa shape index (κ3) is 1.45. The highest BCUT2D eigenvalue weighted by Gasteiger charge is 2.29. The van der Waals surface area contributed by atoms with Gasteiger partial charge in [0.25, 0.3) is 0 Å². The molecular formula is C13H11NO3. The van der Waals surface area contributed by atoms with E-state index >= 15 is 0 Å². The summed E-state index contributed by atoms with van der Waals surface area (Å²) in [6, 6.07) is 5.72. The van der Waals surface area contributed by atoms with Crippen LogP contribution in [0.4, 0.5) is 0 Å². The lowest BCUT2D eigenvalue weighted by molar-refractivity contribution is 0.105. The molecule has 0 bridgehead atoms. The summed E-state index contributed by atoms with van der Waals surface area (Å²) in [6.45, 7) is 0.636. The number of allylic oxidation sites excluding steroid dienone is 1. The normalized spacial score (nSPS) is 19.5. The Bertz CT molecular complexity index is 558. The number of benzene rings is 1. The van der Waals surface area contributed by atoms with Gasteiger partial charge in [-0.1, -0.05) is 23.4 Å². The molecule has 0 unspecified atom stereocenters. The Balaban J connectivity index is 2.24. The lowest BCUT2D eigenvalue weighted by Gasteiger charge is -2.25. The van der Waals surface area contributed by atoms with E-state index in [9.17, 15) is 4.79 Å².